The van der Waals surface area contributed by atoms with Gasteiger partial charge in [0.2, 0.25) is 0 Å². The monoisotopic (exact) mass is 333 g/mol. The minimum absolute atomic E-state index is 0.191. The van der Waals surface area contributed by atoms with Gasteiger partial charge in [-0.25, -0.2) is 0 Å². The molecule has 0 aromatic carbocycles. The number of aliphatic hydroxyl groups excluding tert-OH is 1. The summed E-state index contributed by atoms with van der Waals surface area (Å²) >= 11 is 3.39. The van der Waals surface area contributed by atoms with Gasteiger partial charge in [-0.2, -0.15) is 5.10 Å². The summed E-state index contributed by atoms with van der Waals surface area (Å²) in [6.45, 7) is 4.41. The van der Waals surface area contributed by atoms with Crippen LogP contribution in [0, 0.1) is 0 Å². The van der Waals surface area contributed by atoms with Crippen LogP contribution in [-0.2, 0) is 4.74 Å². The molecule has 1 heterocycles. The lowest BCUT2D eigenvalue weighted by atomic mass is 10.1. The summed E-state index contributed by atoms with van der Waals surface area (Å²) in [5.74, 6) is -0.00186. The predicted octanol–water partition coefficient (Wildman–Crippen LogP) is 1.37. The molecular formula is C12H20BrN3O3. The van der Waals surface area contributed by atoms with Crippen LogP contribution in [-0.4, -0.2) is 59.5 Å². The number of nitrogens with zero attached hydrogens (tertiary/aromatic N) is 2. The molecule has 1 amide bonds. The van der Waals surface area contributed by atoms with Gasteiger partial charge in [0, 0.05) is 20.7 Å². The molecule has 1 atom stereocenters. The van der Waals surface area contributed by atoms with Gasteiger partial charge in [0.15, 0.2) is 5.69 Å². The van der Waals surface area contributed by atoms with E-state index in [2.05, 4.69) is 26.1 Å². The van der Waals surface area contributed by atoms with Crippen molar-refractivity contribution in [1.82, 2.24) is 15.1 Å². The molecule has 1 aromatic heterocycles. The van der Waals surface area contributed by atoms with Crippen molar-refractivity contribution in [1.29, 1.82) is 0 Å². The number of likely N-dealkylation sites (N-methyl/N-ethyl adjacent to an activating group) is 1. The zero-order chi connectivity index (χ0) is 14.6. The van der Waals surface area contributed by atoms with E-state index in [0.29, 0.717) is 10.2 Å². The summed E-state index contributed by atoms with van der Waals surface area (Å²) < 4.78 is 5.51. The van der Waals surface area contributed by atoms with Gasteiger partial charge in [0.1, 0.15) is 0 Å². The summed E-state index contributed by atoms with van der Waals surface area (Å²) in [4.78, 5) is 13.6. The molecule has 0 bridgehead atoms. The van der Waals surface area contributed by atoms with Crippen LogP contribution in [0.1, 0.15) is 35.9 Å². The fourth-order valence-electron chi connectivity index (χ4n) is 1.69. The molecule has 0 spiro atoms. The average Bonchev–Trinajstić information content (AvgIpc) is 2.70. The number of carbonyl (C=O) groups is 1. The van der Waals surface area contributed by atoms with Crippen LogP contribution >= 0.6 is 15.9 Å². The van der Waals surface area contributed by atoms with Crippen LogP contribution < -0.4 is 0 Å². The lowest BCUT2D eigenvalue weighted by Gasteiger charge is -2.19. The Bertz CT molecular complexity index is 434. The molecule has 19 heavy (non-hydrogen) atoms. The molecule has 0 aliphatic carbocycles. The molecule has 0 radical (unpaired) electrons. The Kier molecular flexibility index (Phi) is 5.96. The van der Waals surface area contributed by atoms with Crippen molar-refractivity contribution in [2.24, 2.45) is 0 Å². The van der Waals surface area contributed by atoms with E-state index in [1.165, 1.54) is 12.0 Å². The SMILES string of the molecule is COCC(O)CN(C)C(=O)c1n[nH]c(C(C)C)c1Br. The van der Waals surface area contributed by atoms with Gasteiger partial charge in [-0.15, -0.1) is 0 Å². The van der Waals surface area contributed by atoms with Crippen molar-refractivity contribution in [3.8, 4) is 0 Å². The van der Waals surface area contributed by atoms with Crippen LogP contribution in [0.15, 0.2) is 4.47 Å². The molecule has 6 nitrogen and oxygen atoms in total. The Balaban J connectivity index is 2.77. The number of hydrogen-bond acceptors (Lipinski definition) is 4. The topological polar surface area (TPSA) is 78.5 Å². The van der Waals surface area contributed by atoms with Gasteiger partial charge in [-0.05, 0) is 21.8 Å². The molecule has 1 unspecified atom stereocenters. The van der Waals surface area contributed by atoms with Crippen LogP contribution in [0.25, 0.3) is 0 Å². The molecule has 2 N–H and O–H groups in total. The van der Waals surface area contributed by atoms with Gasteiger partial charge >= 0.3 is 0 Å². The van der Waals surface area contributed by atoms with E-state index in [9.17, 15) is 9.90 Å². The van der Waals surface area contributed by atoms with E-state index >= 15 is 0 Å². The summed E-state index contributed by atoms with van der Waals surface area (Å²) in [6, 6.07) is 0. The Labute approximate surface area is 121 Å². The Hall–Kier alpha value is -0.920. The number of carbonyl (C=O) groups excluding carboxylic acids is 1. The average molecular weight is 334 g/mol. The third kappa shape index (κ3) is 4.02. The van der Waals surface area contributed by atoms with Crippen molar-refractivity contribution in [2.75, 3.05) is 27.3 Å². The Morgan fingerprint density at radius 1 is 1.58 bits per heavy atom. The summed E-state index contributed by atoms with van der Waals surface area (Å²) in [6.07, 6.45) is -0.707. The molecule has 0 saturated heterocycles. The van der Waals surface area contributed by atoms with E-state index in [0.717, 1.165) is 5.69 Å². The van der Waals surface area contributed by atoms with Crippen molar-refractivity contribution in [2.45, 2.75) is 25.9 Å². The smallest absolute Gasteiger partial charge is 0.275 e. The highest BCUT2D eigenvalue weighted by Crippen LogP contribution is 2.26. The maximum atomic E-state index is 12.2. The number of ether oxygens (including phenoxy) is 1. The zero-order valence-corrected chi connectivity index (χ0v) is 13.2. The van der Waals surface area contributed by atoms with Crippen molar-refractivity contribution < 1.29 is 14.6 Å². The first-order chi connectivity index (χ1) is 8.88. The molecule has 0 fully saturated rings. The van der Waals surface area contributed by atoms with Crippen molar-refractivity contribution in [3.63, 3.8) is 0 Å². The molecule has 7 heteroatoms. The van der Waals surface area contributed by atoms with E-state index in [1.807, 2.05) is 13.8 Å². The maximum Gasteiger partial charge on any atom is 0.275 e. The first kappa shape index (κ1) is 16.1. The third-order valence-electron chi connectivity index (χ3n) is 2.70. The fourth-order valence-corrected chi connectivity index (χ4v) is 2.50. The number of aromatic amines is 1. The fraction of sp³-hybridized carbons (Fsp3) is 0.667. The number of aliphatic hydroxyl groups is 1. The Morgan fingerprint density at radius 3 is 2.68 bits per heavy atom. The lowest BCUT2D eigenvalue weighted by molar-refractivity contribution is 0.0377. The van der Waals surface area contributed by atoms with Gasteiger partial charge in [0.25, 0.3) is 5.91 Å². The van der Waals surface area contributed by atoms with Crippen LogP contribution in [0.5, 0.6) is 0 Å². The number of methoxy groups -OCH3 is 1. The molecule has 0 saturated carbocycles. The molecule has 0 aliphatic heterocycles. The van der Waals surface area contributed by atoms with Gasteiger partial charge < -0.3 is 14.7 Å². The largest absolute Gasteiger partial charge is 0.389 e. The van der Waals surface area contributed by atoms with E-state index in [4.69, 9.17) is 4.74 Å². The minimum atomic E-state index is -0.707. The molecule has 1 rings (SSSR count). The normalized spacial score (nSPS) is 12.8. The van der Waals surface area contributed by atoms with Crippen LogP contribution in [0.3, 0.4) is 0 Å². The van der Waals surface area contributed by atoms with E-state index < -0.39 is 6.10 Å². The van der Waals surface area contributed by atoms with Gasteiger partial charge in [-0.3, -0.25) is 9.89 Å². The quantitative estimate of drug-likeness (QED) is 0.824. The van der Waals surface area contributed by atoms with E-state index in [-0.39, 0.29) is 25.0 Å². The molecule has 1 aromatic rings. The molecular weight excluding hydrogens is 314 g/mol. The first-order valence-electron chi connectivity index (χ1n) is 6.04. The second-order valence-corrected chi connectivity index (χ2v) is 5.54. The van der Waals surface area contributed by atoms with Gasteiger partial charge in [-0.1, -0.05) is 13.8 Å². The second-order valence-electron chi connectivity index (χ2n) is 4.75. The lowest BCUT2D eigenvalue weighted by Crippen LogP contribution is -2.36. The van der Waals surface area contributed by atoms with Crippen LogP contribution in [0.2, 0.25) is 0 Å². The summed E-state index contributed by atoms with van der Waals surface area (Å²) in [5, 5.41) is 16.5. The number of H-pyrrole nitrogens is 1. The number of amides is 1. The first-order valence-corrected chi connectivity index (χ1v) is 6.84. The molecule has 0 aliphatic rings. The predicted molar refractivity (Wildman–Crippen MR) is 75.2 cm³/mol. The Morgan fingerprint density at radius 2 is 2.21 bits per heavy atom. The number of halogens is 1. The summed E-state index contributed by atoms with van der Waals surface area (Å²) in [7, 11) is 3.13. The summed E-state index contributed by atoms with van der Waals surface area (Å²) in [5.41, 5.74) is 1.21. The minimum Gasteiger partial charge on any atom is -0.389 e. The van der Waals surface area contributed by atoms with E-state index in [1.54, 1.807) is 7.05 Å². The highest BCUT2D eigenvalue weighted by Gasteiger charge is 2.23. The standard InChI is InChI=1S/C12H20BrN3O3/c1-7(2)10-9(13)11(15-14-10)12(18)16(3)5-8(17)6-19-4/h7-8,17H,5-6H2,1-4H3,(H,14,15). The number of hydrogen-bond donors (Lipinski definition) is 2. The highest BCUT2D eigenvalue weighted by molar-refractivity contribution is 9.10. The number of nitrogens with one attached hydrogen (secondary N) is 1. The maximum absolute atomic E-state index is 12.2. The zero-order valence-electron chi connectivity index (χ0n) is 11.6. The van der Waals surface area contributed by atoms with Gasteiger partial charge in [0.05, 0.1) is 22.9 Å². The van der Waals surface area contributed by atoms with Crippen LogP contribution in [0.4, 0.5) is 0 Å². The number of rotatable bonds is 6. The number of aromatic nitrogens is 2. The second kappa shape index (κ2) is 7.02. The van der Waals surface area contributed by atoms with Crippen molar-refractivity contribution >= 4 is 21.8 Å². The van der Waals surface area contributed by atoms with Crippen molar-refractivity contribution in [3.05, 3.63) is 15.9 Å². The molecule has 108 valence electrons. The highest BCUT2D eigenvalue weighted by atomic mass is 79.9. The third-order valence-corrected chi connectivity index (χ3v) is 3.51.